The predicted molar refractivity (Wildman–Crippen MR) is 87.4 cm³/mol. The lowest BCUT2D eigenvalue weighted by molar-refractivity contribution is -0.130. The van der Waals surface area contributed by atoms with Crippen LogP contribution >= 0.6 is 0 Å². The molecule has 1 aliphatic heterocycles. The standard InChI is InChI=1S/C19H16FNO2/c1-13-6-8-14(9-7-13)12-17-19(22)23-18(21-17)11-10-15-4-2-3-5-16(15)20/h2-9,12H,10-11H2,1H3/b17-12+. The van der Waals surface area contributed by atoms with Gasteiger partial charge in [0.15, 0.2) is 11.6 Å². The van der Waals surface area contributed by atoms with Crippen molar-refractivity contribution in [3.63, 3.8) is 0 Å². The number of hydrogen-bond acceptors (Lipinski definition) is 3. The molecule has 4 heteroatoms. The Bertz CT molecular complexity index is 791. The number of carbonyl (C=O) groups is 1. The molecule has 0 N–H and O–H groups in total. The minimum atomic E-state index is -0.464. The van der Waals surface area contributed by atoms with Crippen LogP contribution in [0.3, 0.4) is 0 Å². The Morgan fingerprint density at radius 1 is 1.09 bits per heavy atom. The van der Waals surface area contributed by atoms with E-state index in [0.717, 1.165) is 11.1 Å². The maximum absolute atomic E-state index is 13.6. The zero-order chi connectivity index (χ0) is 16.2. The molecule has 3 nitrogen and oxygen atoms in total. The van der Waals surface area contributed by atoms with Gasteiger partial charge in [-0.25, -0.2) is 14.2 Å². The molecule has 0 bridgehead atoms. The van der Waals surface area contributed by atoms with E-state index in [0.29, 0.717) is 24.3 Å². The van der Waals surface area contributed by atoms with Crippen molar-refractivity contribution in [3.05, 3.63) is 76.7 Å². The zero-order valence-electron chi connectivity index (χ0n) is 12.8. The first-order valence-corrected chi connectivity index (χ1v) is 7.43. The summed E-state index contributed by atoms with van der Waals surface area (Å²) in [5.41, 5.74) is 2.90. The van der Waals surface area contributed by atoms with Crippen LogP contribution < -0.4 is 0 Å². The lowest BCUT2D eigenvalue weighted by atomic mass is 10.1. The van der Waals surface area contributed by atoms with Gasteiger partial charge >= 0.3 is 5.97 Å². The molecule has 3 rings (SSSR count). The minimum absolute atomic E-state index is 0.257. The van der Waals surface area contributed by atoms with Crippen molar-refractivity contribution in [2.45, 2.75) is 19.8 Å². The first kappa shape index (κ1) is 15.2. The molecule has 0 saturated heterocycles. The van der Waals surface area contributed by atoms with Gasteiger partial charge in [0.25, 0.3) is 0 Å². The van der Waals surface area contributed by atoms with Gasteiger partial charge in [0.05, 0.1) is 0 Å². The Kier molecular flexibility index (Phi) is 4.33. The average molecular weight is 309 g/mol. The third kappa shape index (κ3) is 3.72. The number of aryl methyl sites for hydroxylation is 2. The van der Waals surface area contributed by atoms with Crippen LogP contribution in [-0.2, 0) is 16.0 Å². The van der Waals surface area contributed by atoms with E-state index in [-0.39, 0.29) is 11.5 Å². The van der Waals surface area contributed by atoms with E-state index in [4.69, 9.17) is 4.74 Å². The summed E-state index contributed by atoms with van der Waals surface area (Å²) in [5, 5.41) is 0. The number of rotatable bonds is 4. The number of nitrogens with zero attached hydrogens (tertiary/aromatic N) is 1. The molecule has 2 aromatic rings. The molecule has 0 radical (unpaired) electrons. The minimum Gasteiger partial charge on any atom is -0.407 e. The molecular weight excluding hydrogens is 293 g/mol. The van der Waals surface area contributed by atoms with Crippen molar-refractivity contribution in [1.29, 1.82) is 0 Å². The topological polar surface area (TPSA) is 38.7 Å². The number of aliphatic imine (C=N–C) groups is 1. The van der Waals surface area contributed by atoms with Gasteiger partial charge in [-0.1, -0.05) is 48.0 Å². The SMILES string of the molecule is Cc1ccc(/C=C2/N=C(CCc3ccccc3F)OC2=O)cc1. The molecule has 0 amide bonds. The maximum Gasteiger partial charge on any atom is 0.363 e. The fourth-order valence-electron chi connectivity index (χ4n) is 2.32. The van der Waals surface area contributed by atoms with Crippen molar-refractivity contribution < 1.29 is 13.9 Å². The van der Waals surface area contributed by atoms with Crippen molar-refractivity contribution in [2.75, 3.05) is 0 Å². The molecule has 0 fully saturated rings. The predicted octanol–water partition coefficient (Wildman–Crippen LogP) is 4.06. The Labute approximate surface area is 134 Å². The van der Waals surface area contributed by atoms with Crippen molar-refractivity contribution in [3.8, 4) is 0 Å². The lowest BCUT2D eigenvalue weighted by Gasteiger charge is -2.01. The highest BCUT2D eigenvalue weighted by atomic mass is 19.1. The zero-order valence-corrected chi connectivity index (χ0v) is 12.8. The van der Waals surface area contributed by atoms with E-state index in [1.165, 1.54) is 6.07 Å². The van der Waals surface area contributed by atoms with Gasteiger partial charge in [0.1, 0.15) is 5.82 Å². The van der Waals surface area contributed by atoms with Crippen molar-refractivity contribution in [1.82, 2.24) is 0 Å². The van der Waals surface area contributed by atoms with Crippen LogP contribution in [0.25, 0.3) is 6.08 Å². The van der Waals surface area contributed by atoms with Gasteiger partial charge in [-0.2, -0.15) is 0 Å². The van der Waals surface area contributed by atoms with Gasteiger partial charge < -0.3 is 4.74 Å². The number of benzene rings is 2. The number of ether oxygens (including phenoxy) is 1. The summed E-state index contributed by atoms with van der Waals surface area (Å²) in [6.45, 7) is 2.00. The molecule has 0 saturated carbocycles. The van der Waals surface area contributed by atoms with Gasteiger partial charge in [0.2, 0.25) is 0 Å². The molecule has 23 heavy (non-hydrogen) atoms. The van der Waals surface area contributed by atoms with E-state index in [2.05, 4.69) is 4.99 Å². The Morgan fingerprint density at radius 2 is 1.83 bits per heavy atom. The Balaban J connectivity index is 1.71. The largest absolute Gasteiger partial charge is 0.407 e. The highest BCUT2D eigenvalue weighted by Crippen LogP contribution is 2.19. The van der Waals surface area contributed by atoms with Crippen LogP contribution in [0.15, 0.2) is 59.2 Å². The van der Waals surface area contributed by atoms with Gasteiger partial charge in [-0.3, -0.25) is 0 Å². The average Bonchev–Trinajstić information content (AvgIpc) is 2.89. The molecule has 0 aliphatic carbocycles. The summed E-state index contributed by atoms with van der Waals surface area (Å²) < 4.78 is 18.7. The number of esters is 1. The van der Waals surface area contributed by atoms with Gasteiger partial charge in [-0.15, -0.1) is 0 Å². The molecule has 116 valence electrons. The smallest absolute Gasteiger partial charge is 0.363 e. The second-order valence-corrected chi connectivity index (χ2v) is 5.43. The molecule has 0 aromatic heterocycles. The molecular formula is C19H16FNO2. The number of hydrogen-bond donors (Lipinski definition) is 0. The van der Waals surface area contributed by atoms with Crippen LogP contribution in [0.1, 0.15) is 23.1 Å². The second-order valence-electron chi connectivity index (χ2n) is 5.43. The Hall–Kier alpha value is -2.75. The molecule has 0 spiro atoms. The maximum atomic E-state index is 13.6. The van der Waals surface area contributed by atoms with Crippen LogP contribution in [-0.4, -0.2) is 11.9 Å². The summed E-state index contributed by atoms with van der Waals surface area (Å²) in [4.78, 5) is 16.1. The fourth-order valence-corrected chi connectivity index (χ4v) is 2.32. The highest BCUT2D eigenvalue weighted by molar-refractivity contribution is 6.07. The highest BCUT2D eigenvalue weighted by Gasteiger charge is 2.22. The molecule has 1 aliphatic rings. The first-order chi connectivity index (χ1) is 11.1. The third-order valence-corrected chi connectivity index (χ3v) is 3.61. The summed E-state index contributed by atoms with van der Waals surface area (Å²) >= 11 is 0. The van der Waals surface area contributed by atoms with Crippen LogP contribution in [0.5, 0.6) is 0 Å². The van der Waals surface area contributed by atoms with Crippen LogP contribution in [0, 0.1) is 12.7 Å². The summed E-state index contributed by atoms with van der Waals surface area (Å²) in [7, 11) is 0. The summed E-state index contributed by atoms with van der Waals surface area (Å²) in [5.74, 6) is -0.390. The van der Waals surface area contributed by atoms with E-state index < -0.39 is 5.97 Å². The van der Waals surface area contributed by atoms with E-state index >= 15 is 0 Å². The molecule has 0 unspecified atom stereocenters. The van der Waals surface area contributed by atoms with Crippen molar-refractivity contribution >= 4 is 17.9 Å². The third-order valence-electron chi connectivity index (χ3n) is 3.61. The quantitative estimate of drug-likeness (QED) is 0.631. The monoisotopic (exact) mass is 309 g/mol. The van der Waals surface area contributed by atoms with Gasteiger partial charge in [-0.05, 0) is 36.6 Å². The normalized spacial score (nSPS) is 15.7. The number of cyclic esters (lactones) is 1. The second kappa shape index (κ2) is 6.57. The summed E-state index contributed by atoms with van der Waals surface area (Å²) in [6.07, 6.45) is 2.52. The number of carbonyl (C=O) groups excluding carboxylic acids is 1. The first-order valence-electron chi connectivity index (χ1n) is 7.43. The molecule has 1 heterocycles. The van der Waals surface area contributed by atoms with E-state index in [1.54, 1.807) is 24.3 Å². The van der Waals surface area contributed by atoms with Gasteiger partial charge in [0, 0.05) is 6.42 Å². The van der Waals surface area contributed by atoms with Crippen LogP contribution in [0.2, 0.25) is 0 Å². The molecule has 2 aromatic carbocycles. The van der Waals surface area contributed by atoms with E-state index in [1.807, 2.05) is 31.2 Å². The summed E-state index contributed by atoms with van der Waals surface area (Å²) in [6, 6.07) is 14.3. The number of halogens is 1. The van der Waals surface area contributed by atoms with Crippen LogP contribution in [0.4, 0.5) is 4.39 Å². The van der Waals surface area contributed by atoms with Crippen molar-refractivity contribution in [2.24, 2.45) is 4.99 Å². The Morgan fingerprint density at radius 3 is 2.57 bits per heavy atom. The molecule has 0 atom stereocenters. The fraction of sp³-hybridized carbons (Fsp3) is 0.158. The lowest BCUT2D eigenvalue weighted by Crippen LogP contribution is -2.05. The van der Waals surface area contributed by atoms with E-state index in [9.17, 15) is 9.18 Å².